The van der Waals surface area contributed by atoms with Crippen LogP contribution in [0.25, 0.3) is 39.7 Å². The lowest BCUT2D eigenvalue weighted by Gasteiger charge is -2.23. The summed E-state index contributed by atoms with van der Waals surface area (Å²) in [5.41, 5.74) is 6.72. The average Bonchev–Trinajstić information content (AvgIpc) is 3.36. The van der Waals surface area contributed by atoms with Crippen LogP contribution in [-0.2, 0) is 4.79 Å². The van der Waals surface area contributed by atoms with Gasteiger partial charge >= 0.3 is 5.97 Å². The van der Waals surface area contributed by atoms with Gasteiger partial charge < -0.3 is 5.11 Å². The van der Waals surface area contributed by atoms with Gasteiger partial charge in [-0.1, -0.05) is 106 Å². The molecule has 3 aromatic rings. The maximum Gasteiger partial charge on any atom is 0.303 e. The second kappa shape index (κ2) is 16.0. The van der Waals surface area contributed by atoms with E-state index in [1.807, 2.05) is 6.08 Å². The van der Waals surface area contributed by atoms with Crippen LogP contribution in [0.4, 0.5) is 0 Å². The van der Waals surface area contributed by atoms with Crippen molar-refractivity contribution in [2.45, 2.75) is 98.8 Å². The van der Waals surface area contributed by atoms with E-state index in [9.17, 15) is 9.90 Å². The molecule has 0 aliphatic heterocycles. The predicted octanol–water partition coefficient (Wildman–Crippen LogP) is 10.9. The first-order chi connectivity index (χ1) is 19.9. The Morgan fingerprint density at radius 1 is 0.976 bits per heavy atom. The van der Waals surface area contributed by atoms with E-state index in [2.05, 4.69) is 113 Å². The van der Waals surface area contributed by atoms with Crippen molar-refractivity contribution in [2.24, 2.45) is 0 Å². The first kappa shape index (κ1) is 31.9. The lowest BCUT2D eigenvalue weighted by atomic mass is 9.88. The van der Waals surface area contributed by atoms with Crippen molar-refractivity contribution < 1.29 is 9.90 Å². The van der Waals surface area contributed by atoms with Crippen LogP contribution in [0.5, 0.6) is 0 Å². The summed E-state index contributed by atoms with van der Waals surface area (Å²) in [5, 5.41) is 11.6. The fraction of sp³-hybridized carbons (Fsp3) is 0.405. The van der Waals surface area contributed by atoms with Gasteiger partial charge in [-0.2, -0.15) is 0 Å². The van der Waals surface area contributed by atoms with E-state index in [0.717, 1.165) is 41.0 Å². The van der Waals surface area contributed by atoms with Crippen molar-refractivity contribution in [3.05, 3.63) is 83.2 Å². The molecule has 0 saturated heterocycles. The van der Waals surface area contributed by atoms with Crippen LogP contribution in [0.3, 0.4) is 0 Å². The Kier molecular flexibility index (Phi) is 12.4. The third-order valence-electron chi connectivity index (χ3n) is 7.22. The molecule has 218 valence electrons. The fourth-order valence-electron chi connectivity index (χ4n) is 5.52. The first-order valence-electron chi connectivity index (χ1n) is 15.3. The number of aromatic nitrogens is 2. The van der Waals surface area contributed by atoms with Gasteiger partial charge in [-0.3, -0.25) is 9.36 Å². The molecule has 1 N–H and O–H groups in total. The van der Waals surface area contributed by atoms with Gasteiger partial charge in [-0.05, 0) is 70.1 Å². The molecule has 1 heterocycles. The van der Waals surface area contributed by atoms with E-state index >= 15 is 0 Å². The minimum Gasteiger partial charge on any atom is -0.481 e. The molecule has 0 amide bonds. The highest BCUT2D eigenvalue weighted by Crippen LogP contribution is 2.41. The third-order valence-corrected chi connectivity index (χ3v) is 7.22. The molecular weight excluding hydrogens is 504 g/mol. The summed E-state index contributed by atoms with van der Waals surface area (Å²) < 4.78 is 2.37. The van der Waals surface area contributed by atoms with Crippen molar-refractivity contribution in [2.75, 3.05) is 0 Å². The molecule has 1 fully saturated rings. The molecule has 0 bridgehead atoms. The molecule has 1 aromatic heterocycles. The number of hydrogen-bond donors (Lipinski definition) is 1. The number of fused-ring (bicyclic) bond motifs is 3. The first-order valence-corrected chi connectivity index (χ1v) is 15.3. The summed E-state index contributed by atoms with van der Waals surface area (Å²) >= 11 is 0. The summed E-state index contributed by atoms with van der Waals surface area (Å²) in [7, 11) is 0. The number of imidazole rings is 1. The normalized spacial score (nSPS) is 14.8. The minimum atomic E-state index is -0.779. The Morgan fingerprint density at radius 2 is 1.61 bits per heavy atom. The number of benzene rings is 2. The number of carboxylic acid groups (broad SMARTS) is 1. The Balaban J connectivity index is 0.00000147. The fourth-order valence-corrected chi connectivity index (χ4v) is 5.52. The monoisotopic (exact) mass is 552 g/mol. The summed E-state index contributed by atoms with van der Waals surface area (Å²) in [5.74, 6) is 0.726. The third kappa shape index (κ3) is 7.97. The minimum absolute atomic E-state index is 0.119. The van der Waals surface area contributed by atoms with Gasteiger partial charge in [-0.25, -0.2) is 4.98 Å². The Labute approximate surface area is 246 Å². The summed E-state index contributed by atoms with van der Waals surface area (Å²) in [6.45, 7) is 12.6. The van der Waals surface area contributed by atoms with Crippen LogP contribution in [0.15, 0.2) is 66.3 Å². The number of rotatable bonds is 9. The van der Waals surface area contributed by atoms with Crippen molar-refractivity contribution in [3.63, 3.8) is 0 Å². The van der Waals surface area contributed by atoms with E-state index in [-0.39, 0.29) is 6.42 Å². The Hall–Kier alpha value is -3.66. The number of allylic oxidation sites excluding steroid dienone is 8. The van der Waals surface area contributed by atoms with Gasteiger partial charge in [0.15, 0.2) is 0 Å². The predicted molar refractivity (Wildman–Crippen MR) is 178 cm³/mol. The number of hydrogen-bond acceptors (Lipinski definition) is 2. The van der Waals surface area contributed by atoms with Crippen LogP contribution in [0, 0.1) is 0 Å². The molecule has 4 nitrogen and oxygen atoms in total. The van der Waals surface area contributed by atoms with Crippen LogP contribution in [0.1, 0.15) is 116 Å². The second-order valence-electron chi connectivity index (χ2n) is 11.1. The lowest BCUT2D eigenvalue weighted by Crippen LogP contribution is -2.11. The Bertz CT molecular complexity index is 1470. The molecule has 1 aliphatic rings. The van der Waals surface area contributed by atoms with Crippen molar-refractivity contribution in [1.29, 1.82) is 0 Å². The zero-order valence-corrected chi connectivity index (χ0v) is 25.9. The summed E-state index contributed by atoms with van der Waals surface area (Å²) in [6, 6.07) is 8.63. The quantitative estimate of drug-likeness (QED) is 0.269. The van der Waals surface area contributed by atoms with Crippen molar-refractivity contribution >= 4 is 45.6 Å². The summed E-state index contributed by atoms with van der Waals surface area (Å²) in [4.78, 5) is 16.6. The molecule has 0 spiro atoms. The van der Waals surface area contributed by atoms with E-state index in [1.54, 1.807) is 0 Å². The van der Waals surface area contributed by atoms with Gasteiger partial charge in [-0.15, -0.1) is 0 Å². The maximum atomic E-state index is 11.2. The summed E-state index contributed by atoms with van der Waals surface area (Å²) in [6.07, 6.45) is 24.8. The number of nitrogens with zero attached hydrogens (tertiary/aromatic N) is 2. The Morgan fingerprint density at radius 3 is 2.22 bits per heavy atom. The van der Waals surface area contributed by atoms with Gasteiger partial charge in [0.05, 0.1) is 11.0 Å². The molecule has 4 heteroatoms. The lowest BCUT2D eigenvalue weighted by molar-refractivity contribution is -0.136. The molecule has 4 rings (SSSR count). The molecule has 41 heavy (non-hydrogen) atoms. The van der Waals surface area contributed by atoms with E-state index < -0.39 is 5.97 Å². The molecule has 1 saturated carbocycles. The largest absolute Gasteiger partial charge is 0.481 e. The topological polar surface area (TPSA) is 55.1 Å². The smallest absolute Gasteiger partial charge is 0.303 e. The van der Waals surface area contributed by atoms with Crippen LogP contribution >= 0.6 is 0 Å². The van der Waals surface area contributed by atoms with Crippen LogP contribution < -0.4 is 0 Å². The van der Waals surface area contributed by atoms with Gasteiger partial charge in [0, 0.05) is 29.0 Å². The molecule has 2 aromatic carbocycles. The second-order valence-corrected chi connectivity index (χ2v) is 11.1. The molecule has 1 aliphatic carbocycles. The molecule has 0 atom stereocenters. The number of carbonyl (C=O) groups is 1. The highest BCUT2D eigenvalue weighted by Gasteiger charge is 2.26. The number of aliphatic carboxylic acids is 1. The zero-order chi connectivity index (χ0) is 29.8. The van der Waals surface area contributed by atoms with Crippen LogP contribution in [0.2, 0.25) is 0 Å². The van der Waals surface area contributed by atoms with E-state index in [0.29, 0.717) is 12.3 Å². The van der Waals surface area contributed by atoms with Gasteiger partial charge in [0.2, 0.25) is 0 Å². The van der Waals surface area contributed by atoms with Crippen molar-refractivity contribution in [1.82, 2.24) is 9.55 Å². The standard InChI is InChI=1S/C34H40N2O2.C3H8/c1-5-14-27-28-19-11-12-20-30(28)33-32(29(27)15-6-2)35-34(25-16-8-7-9-17-25)36(33)26(23-22-24(3)4)18-10-13-21-31(37)38;1-3-2/h5-6,10-12,14-15,18-20,22-23,25H,7-9,13,16-17,21H2,1-4H3,(H,37,38);3H2,1-2H3/b14-5-,15-6-,18-10-,26-23+;. The zero-order valence-electron chi connectivity index (χ0n) is 25.9. The SMILES string of the molecule is C/C=C\c1c(/C=C\C)c2nc(C3CCCCC3)n(C(/C=C\CCC(=O)O)=C/C=C(C)C)c2c2ccccc12.CCC. The molecule has 0 radical (unpaired) electrons. The van der Waals surface area contributed by atoms with Gasteiger partial charge in [0.1, 0.15) is 5.82 Å². The molecular formula is C37H48N2O2. The molecule has 0 unspecified atom stereocenters. The maximum absolute atomic E-state index is 11.2. The van der Waals surface area contributed by atoms with E-state index in [1.165, 1.54) is 47.6 Å². The van der Waals surface area contributed by atoms with Gasteiger partial charge in [0.25, 0.3) is 0 Å². The number of carboxylic acids is 1. The van der Waals surface area contributed by atoms with Crippen molar-refractivity contribution in [3.8, 4) is 0 Å². The van der Waals surface area contributed by atoms with E-state index in [4.69, 9.17) is 4.98 Å². The highest BCUT2D eigenvalue weighted by atomic mass is 16.4. The van der Waals surface area contributed by atoms with Crippen LogP contribution in [-0.4, -0.2) is 20.6 Å². The average molecular weight is 553 g/mol. The highest BCUT2D eigenvalue weighted by molar-refractivity contribution is 6.13.